The van der Waals surface area contributed by atoms with Crippen LogP contribution in [0, 0.1) is 5.92 Å². The summed E-state index contributed by atoms with van der Waals surface area (Å²) in [6.07, 6.45) is 2.76. The fraction of sp³-hybridized carbons (Fsp3) is 0.500. The molecule has 1 aromatic rings. The number of benzene rings is 1. The van der Waals surface area contributed by atoms with Crippen LogP contribution >= 0.6 is 15.9 Å². The van der Waals surface area contributed by atoms with Gasteiger partial charge in [0.05, 0.1) is 7.11 Å². The molecule has 2 rings (SSSR count). The maximum Gasteiger partial charge on any atom is 0.119 e. The second-order valence-electron chi connectivity index (χ2n) is 3.87. The van der Waals surface area contributed by atoms with E-state index >= 15 is 0 Å². The van der Waals surface area contributed by atoms with Crippen LogP contribution in [0.5, 0.6) is 5.75 Å². The Morgan fingerprint density at radius 3 is 2.86 bits per heavy atom. The van der Waals surface area contributed by atoms with E-state index in [9.17, 15) is 0 Å². The lowest BCUT2D eigenvalue weighted by atomic mass is 9.96. The van der Waals surface area contributed by atoms with E-state index in [1.807, 2.05) is 6.07 Å². The minimum atomic E-state index is 0.671. The van der Waals surface area contributed by atoms with E-state index in [-0.39, 0.29) is 0 Å². The smallest absolute Gasteiger partial charge is 0.119 e. The first-order valence-corrected chi connectivity index (χ1v) is 6.17. The van der Waals surface area contributed by atoms with Crippen LogP contribution in [-0.2, 0) is 0 Å². The largest absolute Gasteiger partial charge is 0.497 e. The van der Waals surface area contributed by atoms with Crippen molar-refractivity contribution in [3.05, 3.63) is 29.8 Å². The van der Waals surface area contributed by atoms with E-state index in [2.05, 4.69) is 34.1 Å². The van der Waals surface area contributed by atoms with E-state index in [1.54, 1.807) is 7.11 Å². The molecule has 0 spiro atoms. The maximum atomic E-state index is 5.23. The average Bonchev–Trinajstić information content (AvgIpc) is 3.04. The molecule has 76 valence electrons. The van der Waals surface area contributed by atoms with Crippen LogP contribution in [0.15, 0.2) is 24.3 Å². The fourth-order valence-corrected chi connectivity index (χ4v) is 2.76. The third-order valence-electron chi connectivity index (χ3n) is 2.88. The minimum Gasteiger partial charge on any atom is -0.497 e. The Balaban J connectivity index is 2.20. The van der Waals surface area contributed by atoms with Crippen molar-refractivity contribution in [2.24, 2.45) is 5.92 Å². The van der Waals surface area contributed by atoms with E-state index in [1.165, 1.54) is 18.4 Å². The summed E-state index contributed by atoms with van der Waals surface area (Å²) < 4.78 is 5.23. The van der Waals surface area contributed by atoms with Crippen molar-refractivity contribution in [2.75, 3.05) is 12.4 Å². The highest BCUT2D eigenvalue weighted by atomic mass is 79.9. The molecule has 0 radical (unpaired) electrons. The van der Waals surface area contributed by atoms with E-state index < -0.39 is 0 Å². The summed E-state index contributed by atoms with van der Waals surface area (Å²) >= 11 is 3.60. The zero-order chi connectivity index (χ0) is 9.97. The van der Waals surface area contributed by atoms with Gasteiger partial charge in [0.25, 0.3) is 0 Å². The number of halogens is 1. The molecular formula is C12H15BrO. The van der Waals surface area contributed by atoms with Crippen LogP contribution < -0.4 is 4.74 Å². The topological polar surface area (TPSA) is 9.23 Å². The van der Waals surface area contributed by atoms with Crippen molar-refractivity contribution in [3.63, 3.8) is 0 Å². The lowest BCUT2D eigenvalue weighted by Crippen LogP contribution is -2.02. The molecule has 0 aromatic heterocycles. The van der Waals surface area contributed by atoms with E-state index in [0.29, 0.717) is 5.92 Å². The van der Waals surface area contributed by atoms with Gasteiger partial charge >= 0.3 is 0 Å². The van der Waals surface area contributed by atoms with Gasteiger partial charge in [-0.25, -0.2) is 0 Å². The predicted molar refractivity (Wildman–Crippen MR) is 62.3 cm³/mol. The molecule has 1 aromatic carbocycles. The number of hydrogen-bond donors (Lipinski definition) is 0. The van der Waals surface area contributed by atoms with Gasteiger partial charge in [0.15, 0.2) is 0 Å². The molecule has 1 saturated carbocycles. The molecule has 0 bridgehead atoms. The number of hydrogen-bond acceptors (Lipinski definition) is 1. The van der Waals surface area contributed by atoms with Gasteiger partial charge < -0.3 is 4.74 Å². The van der Waals surface area contributed by atoms with Gasteiger partial charge in [-0.05, 0) is 42.4 Å². The van der Waals surface area contributed by atoms with Crippen molar-refractivity contribution < 1.29 is 4.74 Å². The zero-order valence-corrected chi connectivity index (χ0v) is 9.96. The second-order valence-corrected chi connectivity index (χ2v) is 4.52. The zero-order valence-electron chi connectivity index (χ0n) is 8.37. The summed E-state index contributed by atoms with van der Waals surface area (Å²) in [5.74, 6) is 2.53. The third-order valence-corrected chi connectivity index (χ3v) is 3.58. The molecule has 1 fully saturated rings. The van der Waals surface area contributed by atoms with E-state index in [4.69, 9.17) is 4.74 Å². The number of rotatable bonds is 4. The molecule has 1 unspecified atom stereocenters. The number of alkyl halides is 1. The SMILES string of the molecule is COc1cccc(C(CBr)C2CC2)c1. The van der Waals surface area contributed by atoms with Gasteiger partial charge in [-0.3, -0.25) is 0 Å². The summed E-state index contributed by atoms with van der Waals surface area (Å²) in [5.41, 5.74) is 1.41. The summed E-state index contributed by atoms with van der Waals surface area (Å²) in [4.78, 5) is 0. The lowest BCUT2D eigenvalue weighted by Gasteiger charge is -2.14. The molecule has 0 heterocycles. The van der Waals surface area contributed by atoms with Crippen LogP contribution in [0.3, 0.4) is 0 Å². The van der Waals surface area contributed by atoms with Crippen LogP contribution in [0.4, 0.5) is 0 Å². The van der Waals surface area contributed by atoms with Crippen LogP contribution in [0.25, 0.3) is 0 Å². The van der Waals surface area contributed by atoms with Crippen molar-refractivity contribution >= 4 is 15.9 Å². The molecule has 14 heavy (non-hydrogen) atoms. The average molecular weight is 255 g/mol. The van der Waals surface area contributed by atoms with Gasteiger partial charge in [-0.1, -0.05) is 28.1 Å². The molecule has 0 amide bonds. The van der Waals surface area contributed by atoms with Gasteiger partial charge in [0.2, 0.25) is 0 Å². The first-order chi connectivity index (χ1) is 6.85. The molecule has 0 N–H and O–H groups in total. The molecule has 0 saturated heterocycles. The number of methoxy groups -OCH3 is 1. The van der Waals surface area contributed by atoms with Gasteiger partial charge in [-0.15, -0.1) is 0 Å². The van der Waals surface area contributed by atoms with E-state index in [0.717, 1.165) is 17.0 Å². The van der Waals surface area contributed by atoms with Crippen LogP contribution in [-0.4, -0.2) is 12.4 Å². The number of ether oxygens (including phenoxy) is 1. The van der Waals surface area contributed by atoms with Gasteiger partial charge in [-0.2, -0.15) is 0 Å². The predicted octanol–water partition coefficient (Wildman–Crippen LogP) is 3.58. The standard InChI is InChI=1S/C12H15BrO/c1-14-11-4-2-3-10(7-11)12(8-13)9-5-6-9/h2-4,7,9,12H,5-6,8H2,1H3. The maximum absolute atomic E-state index is 5.23. The molecule has 0 aliphatic heterocycles. The Morgan fingerprint density at radius 2 is 2.29 bits per heavy atom. The lowest BCUT2D eigenvalue weighted by molar-refractivity contribution is 0.413. The highest BCUT2D eigenvalue weighted by Crippen LogP contribution is 2.43. The summed E-state index contributed by atoms with van der Waals surface area (Å²) in [6.45, 7) is 0. The Bertz CT molecular complexity index is 307. The van der Waals surface area contributed by atoms with Crippen molar-refractivity contribution in [1.82, 2.24) is 0 Å². The molecule has 1 atom stereocenters. The molecular weight excluding hydrogens is 240 g/mol. The monoisotopic (exact) mass is 254 g/mol. The molecule has 1 aliphatic rings. The molecule has 1 nitrogen and oxygen atoms in total. The first kappa shape index (κ1) is 10.0. The normalized spacial score (nSPS) is 17.9. The van der Waals surface area contributed by atoms with Gasteiger partial charge in [0, 0.05) is 5.33 Å². The second kappa shape index (κ2) is 4.35. The van der Waals surface area contributed by atoms with Crippen LogP contribution in [0.1, 0.15) is 24.3 Å². The van der Waals surface area contributed by atoms with Crippen LogP contribution in [0.2, 0.25) is 0 Å². The third kappa shape index (κ3) is 2.11. The summed E-state index contributed by atoms with van der Waals surface area (Å²) in [6, 6.07) is 8.44. The molecule has 1 aliphatic carbocycles. The molecule has 2 heteroatoms. The van der Waals surface area contributed by atoms with Crippen molar-refractivity contribution in [3.8, 4) is 5.75 Å². The fourth-order valence-electron chi connectivity index (χ4n) is 1.86. The summed E-state index contributed by atoms with van der Waals surface area (Å²) in [7, 11) is 1.72. The highest BCUT2D eigenvalue weighted by Gasteiger charge is 2.31. The minimum absolute atomic E-state index is 0.671. The Kier molecular flexibility index (Phi) is 3.12. The highest BCUT2D eigenvalue weighted by molar-refractivity contribution is 9.09. The van der Waals surface area contributed by atoms with Crippen molar-refractivity contribution in [2.45, 2.75) is 18.8 Å². The Morgan fingerprint density at radius 1 is 1.50 bits per heavy atom. The van der Waals surface area contributed by atoms with Gasteiger partial charge in [0.1, 0.15) is 5.75 Å². The first-order valence-electron chi connectivity index (χ1n) is 5.05. The Hall–Kier alpha value is -0.500. The Labute approximate surface area is 93.6 Å². The van der Waals surface area contributed by atoms with Crippen molar-refractivity contribution in [1.29, 1.82) is 0 Å². The summed E-state index contributed by atoms with van der Waals surface area (Å²) in [5, 5.41) is 1.06. The quantitative estimate of drug-likeness (QED) is 0.747.